The minimum atomic E-state index is -1.04. The van der Waals surface area contributed by atoms with E-state index in [-0.39, 0.29) is 18.1 Å². The third kappa shape index (κ3) is 2.67. The zero-order valence-electron chi connectivity index (χ0n) is 14.3. The Balaban J connectivity index is 1.95. The lowest BCUT2D eigenvalue weighted by Crippen LogP contribution is -2.26. The number of rotatable bonds is 4. The van der Waals surface area contributed by atoms with E-state index < -0.39 is 5.97 Å². The predicted octanol–water partition coefficient (Wildman–Crippen LogP) is 3.14. The highest BCUT2D eigenvalue weighted by Gasteiger charge is 2.28. The minimum absolute atomic E-state index is 0.0476. The number of pyridine rings is 1. The van der Waals surface area contributed by atoms with Gasteiger partial charge in [-0.3, -0.25) is 9.59 Å². The van der Waals surface area contributed by atoms with Gasteiger partial charge in [0.05, 0.1) is 11.6 Å². The van der Waals surface area contributed by atoms with E-state index >= 15 is 0 Å². The summed E-state index contributed by atoms with van der Waals surface area (Å²) >= 11 is 3.52. The molecule has 0 spiro atoms. The van der Waals surface area contributed by atoms with Crippen LogP contribution in [0.1, 0.15) is 36.3 Å². The van der Waals surface area contributed by atoms with Crippen molar-refractivity contribution in [1.29, 1.82) is 0 Å². The Hall–Kier alpha value is -2.41. The van der Waals surface area contributed by atoms with E-state index in [4.69, 9.17) is 5.11 Å². The Morgan fingerprint density at radius 2 is 2.19 bits per heavy atom. The van der Waals surface area contributed by atoms with Crippen LogP contribution in [0.3, 0.4) is 0 Å². The van der Waals surface area contributed by atoms with E-state index in [1.54, 1.807) is 6.07 Å². The van der Waals surface area contributed by atoms with Gasteiger partial charge in [0.2, 0.25) is 0 Å². The van der Waals surface area contributed by atoms with E-state index in [0.29, 0.717) is 17.5 Å². The molecule has 0 unspecified atom stereocenters. The van der Waals surface area contributed by atoms with E-state index in [0.717, 1.165) is 23.1 Å². The lowest BCUT2D eigenvalue weighted by atomic mass is 10.1. The summed E-state index contributed by atoms with van der Waals surface area (Å²) in [6.07, 6.45) is 4.06. The number of carboxylic acids is 1. The number of imidazole rings is 1. The van der Waals surface area contributed by atoms with Crippen molar-refractivity contribution in [3.8, 4) is 0 Å². The highest BCUT2D eigenvalue weighted by Crippen LogP contribution is 2.38. The fourth-order valence-electron chi connectivity index (χ4n) is 3.88. The average molecular weight is 416 g/mol. The maximum absolute atomic E-state index is 13.0. The number of halogens is 1. The van der Waals surface area contributed by atoms with Crippen molar-refractivity contribution in [3.63, 3.8) is 0 Å². The molecular formula is C19H18BrN3O3. The van der Waals surface area contributed by atoms with Crippen molar-refractivity contribution in [3.05, 3.63) is 62.2 Å². The third-order valence-corrected chi connectivity index (χ3v) is 5.46. The van der Waals surface area contributed by atoms with Gasteiger partial charge in [-0.1, -0.05) is 28.9 Å². The van der Waals surface area contributed by atoms with E-state index in [9.17, 15) is 9.59 Å². The molecule has 1 atom stereocenters. The number of hydrogen-bond acceptors (Lipinski definition) is 3. The second kappa shape index (κ2) is 6.39. The minimum Gasteiger partial charge on any atom is -0.480 e. The summed E-state index contributed by atoms with van der Waals surface area (Å²) in [6.45, 7) is 1.67. The molecule has 0 saturated carbocycles. The lowest BCUT2D eigenvalue weighted by Gasteiger charge is -2.18. The maximum atomic E-state index is 13.0. The fourth-order valence-corrected chi connectivity index (χ4v) is 4.29. The summed E-state index contributed by atoms with van der Waals surface area (Å²) in [7, 11) is 0. The number of nitrogens with zero attached hydrogens (tertiary/aromatic N) is 3. The van der Waals surface area contributed by atoms with Gasteiger partial charge in [-0.15, -0.1) is 0 Å². The van der Waals surface area contributed by atoms with Crippen LogP contribution in [0.5, 0.6) is 0 Å². The zero-order chi connectivity index (χ0) is 18.4. The Morgan fingerprint density at radius 1 is 1.38 bits per heavy atom. The number of aromatic nitrogens is 3. The fraction of sp³-hybridized carbons (Fsp3) is 0.316. The Labute approximate surface area is 158 Å². The number of carbonyl (C=O) groups is 1. The Kier molecular flexibility index (Phi) is 4.19. The van der Waals surface area contributed by atoms with E-state index in [1.807, 2.05) is 17.6 Å². The summed E-state index contributed by atoms with van der Waals surface area (Å²) in [6, 6.07) is 8.02. The SMILES string of the molecule is CCc1nc2ccn(CC(=O)O)c(=O)c2n1[C@H]1CCc2cc(Br)ccc21. The zero-order valence-corrected chi connectivity index (χ0v) is 15.9. The summed E-state index contributed by atoms with van der Waals surface area (Å²) in [4.78, 5) is 28.7. The molecule has 0 aliphatic heterocycles. The van der Waals surface area contributed by atoms with Crippen LogP contribution in [0.25, 0.3) is 11.0 Å². The summed E-state index contributed by atoms with van der Waals surface area (Å²) in [5, 5.41) is 9.07. The number of aliphatic carboxylic acids is 1. The molecule has 4 rings (SSSR count). The van der Waals surface area contributed by atoms with Gasteiger partial charge in [-0.2, -0.15) is 0 Å². The molecule has 1 N–H and O–H groups in total. The summed E-state index contributed by atoms with van der Waals surface area (Å²) in [5.74, 6) is -0.185. The average Bonchev–Trinajstić information content (AvgIpc) is 3.17. The van der Waals surface area contributed by atoms with Crippen LogP contribution in [-0.2, 0) is 24.2 Å². The third-order valence-electron chi connectivity index (χ3n) is 4.97. The normalized spacial score (nSPS) is 16.2. The van der Waals surface area contributed by atoms with Gasteiger partial charge in [-0.25, -0.2) is 4.98 Å². The van der Waals surface area contributed by atoms with Gasteiger partial charge in [0, 0.05) is 17.1 Å². The van der Waals surface area contributed by atoms with Gasteiger partial charge >= 0.3 is 5.97 Å². The molecule has 3 aromatic rings. The Bertz CT molecular complexity index is 1080. The monoisotopic (exact) mass is 415 g/mol. The van der Waals surface area contributed by atoms with Gasteiger partial charge in [0.15, 0.2) is 0 Å². The van der Waals surface area contributed by atoms with E-state index in [2.05, 4.69) is 33.0 Å². The van der Waals surface area contributed by atoms with Crippen LogP contribution < -0.4 is 5.56 Å². The van der Waals surface area contributed by atoms with Crippen LogP contribution in [0.15, 0.2) is 39.7 Å². The predicted molar refractivity (Wildman–Crippen MR) is 102 cm³/mol. The summed E-state index contributed by atoms with van der Waals surface area (Å²) < 4.78 is 4.31. The highest BCUT2D eigenvalue weighted by molar-refractivity contribution is 9.10. The molecule has 0 saturated heterocycles. The smallest absolute Gasteiger partial charge is 0.323 e. The molecule has 2 heterocycles. The number of fused-ring (bicyclic) bond motifs is 2. The Morgan fingerprint density at radius 3 is 2.92 bits per heavy atom. The van der Waals surface area contributed by atoms with Gasteiger partial charge in [-0.05, 0) is 42.2 Å². The first kappa shape index (κ1) is 17.0. The second-order valence-electron chi connectivity index (χ2n) is 6.53. The van der Waals surface area contributed by atoms with Crippen molar-refractivity contribution in [2.75, 3.05) is 0 Å². The molecule has 2 aromatic heterocycles. The first-order chi connectivity index (χ1) is 12.5. The molecule has 0 fully saturated rings. The van der Waals surface area contributed by atoms with Crippen LogP contribution in [0, 0.1) is 0 Å². The van der Waals surface area contributed by atoms with Crippen molar-refractivity contribution >= 4 is 32.9 Å². The molecule has 1 aromatic carbocycles. The van der Waals surface area contributed by atoms with Crippen LogP contribution in [0.4, 0.5) is 0 Å². The van der Waals surface area contributed by atoms with E-state index in [1.165, 1.54) is 21.9 Å². The molecule has 134 valence electrons. The molecular weight excluding hydrogens is 398 g/mol. The molecule has 0 bridgehead atoms. The highest BCUT2D eigenvalue weighted by atomic mass is 79.9. The number of aryl methyl sites for hydroxylation is 2. The number of carboxylic acid groups (broad SMARTS) is 1. The van der Waals surface area contributed by atoms with Crippen LogP contribution >= 0.6 is 15.9 Å². The molecule has 0 amide bonds. The van der Waals surface area contributed by atoms with Gasteiger partial charge in [0.1, 0.15) is 17.9 Å². The largest absolute Gasteiger partial charge is 0.480 e. The molecule has 7 heteroatoms. The number of hydrogen-bond donors (Lipinski definition) is 1. The topological polar surface area (TPSA) is 77.1 Å². The standard InChI is InChI=1S/C19H18BrN3O3/c1-2-16-21-14-7-8-22(10-17(24)25)19(26)18(14)23(16)15-6-3-11-9-12(20)4-5-13(11)15/h4-5,7-9,15H,2-3,6,10H2,1H3,(H,24,25)/t15-/m0/s1. The first-order valence-electron chi connectivity index (χ1n) is 8.60. The summed E-state index contributed by atoms with van der Waals surface area (Å²) in [5.41, 5.74) is 3.29. The number of benzene rings is 1. The molecule has 0 radical (unpaired) electrons. The maximum Gasteiger partial charge on any atom is 0.323 e. The quantitative estimate of drug-likeness (QED) is 0.709. The van der Waals surface area contributed by atoms with Crippen molar-refractivity contribution in [1.82, 2.24) is 14.1 Å². The lowest BCUT2D eigenvalue weighted by molar-refractivity contribution is -0.137. The van der Waals surface area contributed by atoms with Crippen molar-refractivity contribution in [2.45, 2.75) is 38.8 Å². The molecule has 1 aliphatic carbocycles. The van der Waals surface area contributed by atoms with Crippen LogP contribution in [0.2, 0.25) is 0 Å². The van der Waals surface area contributed by atoms with Gasteiger partial charge in [0.25, 0.3) is 5.56 Å². The van der Waals surface area contributed by atoms with Crippen molar-refractivity contribution in [2.24, 2.45) is 0 Å². The molecule has 26 heavy (non-hydrogen) atoms. The van der Waals surface area contributed by atoms with Crippen LogP contribution in [-0.4, -0.2) is 25.2 Å². The van der Waals surface area contributed by atoms with Gasteiger partial charge < -0.3 is 14.2 Å². The second-order valence-corrected chi connectivity index (χ2v) is 7.44. The van der Waals surface area contributed by atoms with Crippen molar-refractivity contribution < 1.29 is 9.90 Å². The first-order valence-corrected chi connectivity index (χ1v) is 9.39. The molecule has 1 aliphatic rings. The molecule has 6 nitrogen and oxygen atoms in total.